The minimum absolute atomic E-state index is 0. The molecule has 1 unspecified atom stereocenters. The molecule has 0 aliphatic rings. The number of aromatic hydroxyl groups is 6. The van der Waals surface area contributed by atoms with Crippen LogP contribution in [0.15, 0.2) is 182 Å². The summed E-state index contributed by atoms with van der Waals surface area (Å²) in [6, 6.07) is 9.43. The number of rotatable bonds is 16. The number of Topliss-reactive ketones (excluding diaryl/α,β-unsaturated/α-hetero) is 2. The maximum absolute atomic E-state index is 13.5. The molecule has 0 fully saturated rings. The molecule has 0 aliphatic heterocycles. The molecule has 0 saturated heterocycles. The number of carboxylic acid groups (broad SMARTS) is 1. The molecule has 114 heavy (non-hydrogen) atoms. The number of fused-ring (bicyclic) bond motifs is 4. The van der Waals surface area contributed by atoms with Gasteiger partial charge in [-0.2, -0.15) is 0 Å². The first-order valence-electron chi connectivity index (χ1n) is 37.8. The molecule has 35 heteroatoms. The van der Waals surface area contributed by atoms with Gasteiger partial charge in [-0.1, -0.05) is 195 Å². The van der Waals surface area contributed by atoms with Crippen LogP contribution in [0.3, 0.4) is 0 Å². The van der Waals surface area contributed by atoms with Gasteiger partial charge in [-0.15, -0.1) is 0 Å². The van der Waals surface area contributed by atoms with Gasteiger partial charge in [0.15, 0.2) is 68.5 Å². The maximum atomic E-state index is 13.5. The first-order chi connectivity index (χ1) is 58.0. The fraction of sp³-hybridized carbons (Fsp3) is 0.190. The van der Waals surface area contributed by atoms with E-state index in [2.05, 4.69) is 148 Å². The molecule has 20 nitrogen and oxygen atoms in total. The predicted octanol–water partition coefficient (Wildman–Crippen LogP) is 20.1. The molecular weight excluding hydrogens is 2180 g/mol. The first kappa shape index (κ1) is 82.6. The number of benzene rings is 8. The Morgan fingerprint density at radius 3 is 0.982 bits per heavy atom. The van der Waals surface area contributed by atoms with E-state index in [-0.39, 0.29) is 246 Å². The first-order valence-corrected chi connectivity index (χ1v) is 39.8. The summed E-state index contributed by atoms with van der Waals surface area (Å²) in [6.45, 7) is 12.2. The molecule has 0 amide bonds. The van der Waals surface area contributed by atoms with Gasteiger partial charge in [0.1, 0.15) is 46.1 Å². The molecule has 1 atom stereocenters. The van der Waals surface area contributed by atoms with Gasteiger partial charge >= 0.3 is 93.6 Å². The van der Waals surface area contributed by atoms with E-state index in [4.69, 9.17) is 90.4 Å². The van der Waals surface area contributed by atoms with Crippen molar-refractivity contribution < 1.29 is 177 Å². The summed E-state index contributed by atoms with van der Waals surface area (Å²) in [7, 11) is 4.34. The second kappa shape index (κ2) is 47.1. The van der Waals surface area contributed by atoms with E-state index in [9.17, 15) is 64.2 Å². The summed E-state index contributed by atoms with van der Waals surface area (Å²) in [5.74, 6) is -4.30. The third-order valence-corrected chi connectivity index (χ3v) is 19.0. The number of carbonyl (C=O) groups excluding carboxylic acids is 8. The van der Waals surface area contributed by atoms with E-state index < -0.39 is 109 Å². The zero-order valence-corrected chi connectivity index (χ0v) is 82.4. The number of phenolic OH excluding ortho intramolecular Hbond substituents is 6. The van der Waals surface area contributed by atoms with E-state index >= 15 is 0 Å². The van der Waals surface area contributed by atoms with Crippen molar-refractivity contribution in [3.8, 4) is 34.5 Å². The van der Waals surface area contributed by atoms with Gasteiger partial charge in [0, 0.05) is 107 Å². The van der Waals surface area contributed by atoms with Gasteiger partial charge in [-0.3, -0.25) is 33.6 Å². The summed E-state index contributed by atoms with van der Waals surface area (Å²) in [5.41, 5.74) is 2.21. The predicted molar refractivity (Wildman–Crippen MR) is 465 cm³/mol. The number of ketones is 6. The number of halogens is 12. The van der Waals surface area contributed by atoms with E-state index in [0.717, 1.165) is 6.92 Å². The van der Waals surface area contributed by atoms with Crippen LogP contribution in [0.25, 0.3) is 43.9 Å². The third-order valence-electron chi connectivity index (χ3n) is 14.5. The molecule has 8 aromatic carbocycles. The molecule has 1 radical (unpaired) electrons. The topological polar surface area (TPSA) is 346 Å². The van der Waals surface area contributed by atoms with E-state index in [1.54, 1.807) is 52.0 Å². The van der Waals surface area contributed by atoms with Gasteiger partial charge in [-0.25, -0.2) is 0 Å². The molecular formula is C79H64BBr7Cl5CsNO19S. The molecule has 12 rings (SSSR count). The summed E-state index contributed by atoms with van der Waals surface area (Å²) in [6.07, 6.45) is 1.36. The van der Waals surface area contributed by atoms with Crippen LogP contribution in [0, 0.1) is 0 Å². The fourth-order valence-electron chi connectivity index (χ4n) is 10.0. The summed E-state index contributed by atoms with van der Waals surface area (Å²) >= 11 is 50.5. The van der Waals surface area contributed by atoms with Gasteiger partial charge in [-0.05, 0) is 167 Å². The summed E-state index contributed by atoms with van der Waals surface area (Å²) in [4.78, 5) is 93.5. The van der Waals surface area contributed by atoms with E-state index in [0.29, 0.717) is 57.2 Å². The number of thiol groups is 1. The molecule has 593 valence electrons. The van der Waals surface area contributed by atoms with E-state index in [1.165, 1.54) is 57.2 Å². The number of phenols is 6. The molecule has 0 spiro atoms. The zero-order valence-electron chi connectivity index (χ0n) is 72.4. The van der Waals surface area contributed by atoms with Crippen molar-refractivity contribution in [2.45, 2.75) is 95.6 Å². The smallest absolute Gasteiger partial charge is 1.00 e. The number of carboxylic acids is 1. The Hall–Kier alpha value is -5.04. The number of hydrogen-bond acceptors (Lipinski definition) is 21. The fourth-order valence-corrected chi connectivity index (χ4v) is 14.5. The van der Waals surface area contributed by atoms with Crippen molar-refractivity contribution in [3.05, 3.63) is 239 Å². The Labute approximate surface area is 819 Å². The Bertz CT molecular complexity index is 6230. The number of nitrogens with zero attached hydrogens (tertiary/aromatic N) is 1. The number of carbonyl (C=O) groups is 8. The van der Waals surface area contributed by atoms with Crippen LogP contribution in [0.5, 0.6) is 34.5 Å². The van der Waals surface area contributed by atoms with Gasteiger partial charge in [0.05, 0.1) is 52.5 Å². The largest absolute Gasteiger partial charge is 1.00 e. The SMILES string of the molecule is CC(=O)Cl.CC(=O)[O-].ClC(Cl)(Cl)Cl.[2H]c1c([2H])c([2H])c2c(C(=O)c3cc(Br)c(CC(C)=O)c(Br)c3)c(C(C)Br)oc2c1O.[2H]c1c([2H])c([2H])c2c(C(=O)c3cc(Br)c(CC(C)=O)c(Br)c3)c(CC)oc2c1O.[2H]c1c([2H])c([2H])c2c(C(=O)c3cc(Br)c(O)c(Br)c3)c(CC)oc2c1O.[2H]c1c([2H])c([2H])c2c(C(=O)c3ccc(O)cc3)c(CC)oc2c1O.[B]=NS.[Cs+]. The number of aliphatic carboxylic acids is 1. The van der Waals surface area contributed by atoms with Crippen LogP contribution >= 0.6 is 182 Å². The Kier molecular flexibility index (Phi) is 34.1. The summed E-state index contributed by atoms with van der Waals surface area (Å²) in [5, 5.41) is 68.4. The van der Waals surface area contributed by atoms with Crippen LogP contribution < -0.4 is 74.0 Å². The number of hydrogen-bond donors (Lipinski definition) is 7. The Morgan fingerprint density at radius 1 is 0.491 bits per heavy atom. The molecule has 6 N–H and O–H groups in total. The van der Waals surface area contributed by atoms with Crippen molar-refractivity contribution >= 4 is 280 Å². The standard InChI is InChI=1S/C20H15Br3O4.C20H16Br2O4.C17H12Br2O4.C17H14O4.C2H3ClO.C2H4O2.CCl4.BHNS.Cs/c1-9(24)6-13-14(22)7-11(8-15(13)23)18(26)17-12-4-3-5-16(25)20(12)27-19(17)10(2)21;1-3-17-18(12-5-4-6-16(24)20(12)26-17)19(25)11-8-14(21)13(7-10(2)23)15(22)9-11;1-2-13-14(9-4-3-5-12(20)17(9)23-13)15(21)8-6-10(18)16(22)11(19)7-8;1-2-14-15(12-4-3-5-13(19)17(12)21-14)16(20)10-6-8-11(18)9-7-10;2*1-2(3)4;2-1(3,4)5;1-2-3;/h3-5,7-8,10,25H,6H2,1-2H3;4-6,8-9,24H,3,7H2,1-2H3;3-7,20,22H,2H2,1H3;3-9,18-19H,2H2,1H3;1H3;1H3,(H,3,4);;3H;/q;;;;;;;;+1/p-1/i3D,4D,5D;4D,5D,6D;2*3D,4D,5D;;;;;. The average Bonchev–Trinajstić information content (AvgIpc) is 1.61. The van der Waals surface area contributed by atoms with Crippen molar-refractivity contribution in [1.29, 1.82) is 0 Å². The van der Waals surface area contributed by atoms with Crippen LogP contribution in [0.2, 0.25) is 0 Å². The van der Waals surface area contributed by atoms with Gasteiger partial charge in [0.2, 0.25) is 5.24 Å². The molecule has 4 heterocycles. The minimum Gasteiger partial charge on any atom is 1.00 e. The van der Waals surface area contributed by atoms with Crippen LogP contribution in [0.1, 0.15) is 175 Å². The van der Waals surface area contributed by atoms with Crippen molar-refractivity contribution in [1.82, 2.24) is 0 Å². The number of para-hydroxylation sites is 4. The zero-order chi connectivity index (χ0) is 95.4. The van der Waals surface area contributed by atoms with Crippen LogP contribution in [-0.4, -0.2) is 87.4 Å². The number of aryl methyl sites for hydroxylation is 3. The monoisotopic (exact) mass is 2250 g/mol. The summed E-state index contributed by atoms with van der Waals surface area (Å²) < 4.78 is 121. The quantitative estimate of drug-likeness (QED) is 0.0155. The molecule has 0 saturated carbocycles. The molecule has 12 aromatic rings. The molecule has 0 aliphatic carbocycles. The Morgan fingerprint density at radius 2 is 0.728 bits per heavy atom. The second-order valence-electron chi connectivity index (χ2n) is 22.7. The van der Waals surface area contributed by atoms with Crippen molar-refractivity contribution in [3.63, 3.8) is 0 Å². The van der Waals surface area contributed by atoms with Crippen LogP contribution in [-0.2, 0) is 51.3 Å². The maximum Gasteiger partial charge on any atom is 1.00 e. The number of alkyl halides is 5. The van der Waals surface area contributed by atoms with Gasteiger partial charge < -0.3 is 58.2 Å². The van der Waals surface area contributed by atoms with Gasteiger partial charge in [0.25, 0.3) is 3.25 Å². The second-order valence-corrected chi connectivity index (χ2v) is 33.4. The van der Waals surface area contributed by atoms with Crippen molar-refractivity contribution in [2.75, 3.05) is 0 Å². The minimum atomic E-state index is -1.61. The molecule has 4 aromatic heterocycles. The average molecular weight is 2260 g/mol. The Balaban J connectivity index is 0.000000332. The normalized spacial score (nSPS) is 12.2. The van der Waals surface area contributed by atoms with Crippen LogP contribution in [0.4, 0.5) is 0 Å². The molecule has 0 bridgehead atoms. The number of furan rings is 4. The van der Waals surface area contributed by atoms with Crippen molar-refractivity contribution in [2.24, 2.45) is 4.30 Å². The van der Waals surface area contributed by atoms with E-state index in [1.807, 2.05) is 0 Å². The third kappa shape index (κ3) is 28.0.